The van der Waals surface area contributed by atoms with Crippen LogP contribution in [0.4, 0.5) is 5.82 Å². The van der Waals surface area contributed by atoms with Gasteiger partial charge in [0.05, 0.1) is 11.4 Å². The minimum atomic E-state index is -0.0665. The van der Waals surface area contributed by atoms with E-state index in [1.165, 1.54) is 12.4 Å². The van der Waals surface area contributed by atoms with Crippen LogP contribution in [0.25, 0.3) is 11.0 Å². The molecule has 1 aliphatic rings. The van der Waals surface area contributed by atoms with Crippen LogP contribution in [-0.4, -0.2) is 43.6 Å². The monoisotopic (exact) mass is 386 g/mol. The molecule has 7 heteroatoms. The van der Waals surface area contributed by atoms with E-state index < -0.39 is 0 Å². The number of hydrogen-bond acceptors (Lipinski definition) is 5. The fourth-order valence-corrected chi connectivity index (χ4v) is 3.65. The normalized spacial score (nSPS) is 16.3. The van der Waals surface area contributed by atoms with Gasteiger partial charge >= 0.3 is 0 Å². The topological polar surface area (TPSA) is 89.9 Å². The van der Waals surface area contributed by atoms with Crippen LogP contribution in [-0.2, 0) is 11.2 Å². The van der Waals surface area contributed by atoms with E-state index in [0.29, 0.717) is 35.5 Å². The number of carbonyl (C=O) groups is 1. The van der Waals surface area contributed by atoms with Gasteiger partial charge < -0.3 is 10.6 Å². The Morgan fingerprint density at radius 3 is 2.93 bits per heavy atom. The molecule has 2 N–H and O–H groups in total. The van der Waals surface area contributed by atoms with E-state index in [1.807, 2.05) is 35.0 Å². The van der Waals surface area contributed by atoms with Crippen molar-refractivity contribution in [2.24, 2.45) is 0 Å². The van der Waals surface area contributed by atoms with E-state index in [-0.39, 0.29) is 11.9 Å². The van der Waals surface area contributed by atoms with Crippen molar-refractivity contribution in [1.29, 1.82) is 0 Å². The van der Waals surface area contributed by atoms with E-state index in [2.05, 4.69) is 28.4 Å². The molecule has 0 bridgehead atoms. The number of nitrogens with two attached hydrogens (primary N) is 1. The molecule has 7 nitrogen and oxygen atoms in total. The van der Waals surface area contributed by atoms with Crippen molar-refractivity contribution in [1.82, 2.24) is 24.6 Å². The summed E-state index contributed by atoms with van der Waals surface area (Å²) in [6.07, 6.45) is 5.20. The summed E-state index contributed by atoms with van der Waals surface area (Å²) in [5.74, 6) is 6.61. The SMILES string of the molecule is C=CC(=O)N1CCC[C@@H](n2nc(C#CCc3ccccc3)c3c(N)ncnc32)C1. The molecular formula is C22H22N6O. The highest BCUT2D eigenvalue weighted by Crippen LogP contribution is 2.28. The Bertz CT molecular complexity index is 1110. The molecule has 1 amide bonds. The first kappa shape index (κ1) is 18.7. The molecule has 29 heavy (non-hydrogen) atoms. The maximum atomic E-state index is 12.1. The van der Waals surface area contributed by atoms with E-state index in [0.717, 1.165) is 24.9 Å². The van der Waals surface area contributed by atoms with Crippen LogP contribution < -0.4 is 5.73 Å². The number of nitrogen functional groups attached to an aromatic ring is 1. The van der Waals surface area contributed by atoms with Crippen LogP contribution in [0.1, 0.15) is 30.1 Å². The zero-order valence-corrected chi connectivity index (χ0v) is 16.1. The molecule has 1 fully saturated rings. The first-order valence-corrected chi connectivity index (χ1v) is 9.60. The van der Waals surface area contributed by atoms with E-state index in [1.54, 1.807) is 4.90 Å². The summed E-state index contributed by atoms with van der Waals surface area (Å²) in [4.78, 5) is 22.4. The van der Waals surface area contributed by atoms with Crippen molar-refractivity contribution in [2.45, 2.75) is 25.3 Å². The van der Waals surface area contributed by atoms with Gasteiger partial charge in [0.25, 0.3) is 0 Å². The molecule has 3 heterocycles. The van der Waals surface area contributed by atoms with Gasteiger partial charge in [-0.15, -0.1) is 0 Å². The van der Waals surface area contributed by atoms with Crippen LogP contribution in [0.3, 0.4) is 0 Å². The highest BCUT2D eigenvalue weighted by atomic mass is 16.2. The molecular weight excluding hydrogens is 364 g/mol. The van der Waals surface area contributed by atoms with Gasteiger partial charge in [0, 0.05) is 19.5 Å². The van der Waals surface area contributed by atoms with Gasteiger partial charge in [-0.25, -0.2) is 14.6 Å². The molecule has 0 spiro atoms. The van der Waals surface area contributed by atoms with E-state index >= 15 is 0 Å². The molecule has 1 aliphatic heterocycles. The Balaban J connectivity index is 1.68. The van der Waals surface area contributed by atoms with E-state index in [4.69, 9.17) is 10.8 Å². The third kappa shape index (κ3) is 3.83. The second kappa shape index (κ2) is 8.15. The second-order valence-electron chi connectivity index (χ2n) is 7.00. The Kier molecular flexibility index (Phi) is 5.25. The predicted molar refractivity (Wildman–Crippen MR) is 112 cm³/mol. The lowest BCUT2D eigenvalue weighted by Crippen LogP contribution is -2.40. The Labute approximate surface area is 169 Å². The zero-order chi connectivity index (χ0) is 20.2. The summed E-state index contributed by atoms with van der Waals surface area (Å²) in [5, 5.41) is 5.39. The first-order valence-electron chi connectivity index (χ1n) is 9.60. The van der Waals surface area contributed by atoms with Crippen molar-refractivity contribution >= 4 is 22.8 Å². The number of carbonyl (C=O) groups excluding carboxylic acids is 1. The van der Waals surface area contributed by atoms with Crippen molar-refractivity contribution < 1.29 is 4.79 Å². The highest BCUT2D eigenvalue weighted by Gasteiger charge is 2.27. The minimum Gasteiger partial charge on any atom is -0.383 e. The van der Waals surface area contributed by atoms with Gasteiger partial charge in [-0.3, -0.25) is 4.79 Å². The predicted octanol–water partition coefficient (Wildman–Crippen LogP) is 2.35. The maximum Gasteiger partial charge on any atom is 0.246 e. The van der Waals surface area contributed by atoms with Gasteiger partial charge in [0.15, 0.2) is 5.65 Å². The molecule has 0 aliphatic carbocycles. The Morgan fingerprint density at radius 1 is 1.31 bits per heavy atom. The van der Waals surface area contributed by atoms with Crippen molar-refractivity contribution in [3.8, 4) is 11.8 Å². The van der Waals surface area contributed by atoms with Crippen molar-refractivity contribution in [3.63, 3.8) is 0 Å². The number of aromatic nitrogens is 4. The second-order valence-corrected chi connectivity index (χ2v) is 7.00. The van der Waals surface area contributed by atoms with Gasteiger partial charge in [0.1, 0.15) is 17.8 Å². The minimum absolute atomic E-state index is 0.00845. The maximum absolute atomic E-state index is 12.1. The third-order valence-corrected chi connectivity index (χ3v) is 5.09. The number of likely N-dealkylation sites (tertiary alicyclic amines) is 1. The molecule has 1 aromatic carbocycles. The summed E-state index contributed by atoms with van der Waals surface area (Å²) in [7, 11) is 0. The number of piperidine rings is 1. The van der Waals surface area contributed by atoms with E-state index in [9.17, 15) is 4.79 Å². The lowest BCUT2D eigenvalue weighted by molar-refractivity contribution is -0.127. The summed E-state index contributed by atoms with van der Waals surface area (Å²) >= 11 is 0. The Hall–Kier alpha value is -3.66. The number of nitrogens with zero attached hydrogens (tertiary/aromatic N) is 5. The smallest absolute Gasteiger partial charge is 0.246 e. The fourth-order valence-electron chi connectivity index (χ4n) is 3.65. The number of rotatable bonds is 3. The average Bonchev–Trinajstić information content (AvgIpc) is 3.14. The first-order chi connectivity index (χ1) is 14.2. The fraction of sp³-hybridized carbons (Fsp3) is 0.273. The lowest BCUT2D eigenvalue weighted by Gasteiger charge is -2.32. The summed E-state index contributed by atoms with van der Waals surface area (Å²) in [5.41, 5.74) is 8.49. The standard InChI is InChI=1S/C22H22N6O/c1-2-19(29)27-13-7-11-17(14-27)28-22-20(21(23)24-15-25-22)18(26-28)12-6-10-16-8-4-3-5-9-16/h2-5,8-9,15,17H,1,7,10-11,13-14H2,(H2,23,24,25)/t17-/m1/s1. The number of amides is 1. The molecule has 4 rings (SSSR count). The molecule has 1 atom stereocenters. The summed E-state index contributed by atoms with van der Waals surface area (Å²) in [6, 6.07) is 10.0. The number of fused-ring (bicyclic) bond motifs is 1. The third-order valence-electron chi connectivity index (χ3n) is 5.09. The van der Waals surface area contributed by atoms with Crippen LogP contribution in [0.15, 0.2) is 49.3 Å². The summed E-state index contributed by atoms with van der Waals surface area (Å²) < 4.78 is 1.85. The van der Waals surface area contributed by atoms with Crippen molar-refractivity contribution in [2.75, 3.05) is 18.8 Å². The van der Waals surface area contributed by atoms with Crippen LogP contribution in [0.2, 0.25) is 0 Å². The largest absolute Gasteiger partial charge is 0.383 e. The van der Waals surface area contributed by atoms with Gasteiger partial charge in [0.2, 0.25) is 5.91 Å². The van der Waals surface area contributed by atoms with Crippen LogP contribution in [0, 0.1) is 11.8 Å². The quantitative estimate of drug-likeness (QED) is 0.551. The number of anilines is 1. The zero-order valence-electron chi connectivity index (χ0n) is 16.1. The van der Waals surface area contributed by atoms with Gasteiger partial charge in [-0.1, -0.05) is 42.8 Å². The molecule has 3 aromatic rings. The van der Waals surface area contributed by atoms with Crippen LogP contribution in [0.5, 0.6) is 0 Å². The number of hydrogen-bond donors (Lipinski definition) is 1. The van der Waals surface area contributed by atoms with Crippen LogP contribution >= 0.6 is 0 Å². The van der Waals surface area contributed by atoms with Gasteiger partial charge in [-0.2, -0.15) is 5.10 Å². The average molecular weight is 386 g/mol. The highest BCUT2D eigenvalue weighted by molar-refractivity contribution is 5.90. The molecule has 1 saturated heterocycles. The summed E-state index contributed by atoms with van der Waals surface area (Å²) in [6.45, 7) is 4.87. The molecule has 146 valence electrons. The molecule has 0 saturated carbocycles. The molecule has 0 unspecified atom stereocenters. The molecule has 0 radical (unpaired) electrons. The lowest BCUT2D eigenvalue weighted by atomic mass is 10.1. The molecule has 2 aromatic heterocycles. The Morgan fingerprint density at radius 2 is 2.14 bits per heavy atom. The van der Waals surface area contributed by atoms with Gasteiger partial charge in [-0.05, 0) is 30.4 Å². The van der Waals surface area contributed by atoms with Crippen molar-refractivity contribution in [3.05, 3.63) is 60.6 Å². The number of benzene rings is 1.